The molecule has 6 heteroatoms. The molecule has 3 rings (SSSR count). The van der Waals surface area contributed by atoms with E-state index in [-0.39, 0.29) is 0 Å². The van der Waals surface area contributed by atoms with Crippen LogP contribution in [0.3, 0.4) is 0 Å². The van der Waals surface area contributed by atoms with Crippen molar-refractivity contribution in [1.29, 1.82) is 0 Å². The van der Waals surface area contributed by atoms with Crippen molar-refractivity contribution in [2.24, 2.45) is 0 Å². The Bertz CT molecular complexity index is 828. The summed E-state index contributed by atoms with van der Waals surface area (Å²) >= 11 is 6.36. The van der Waals surface area contributed by atoms with Crippen LogP contribution >= 0.6 is 11.6 Å². The Morgan fingerprint density at radius 3 is 2.73 bits per heavy atom. The molecule has 0 atom stereocenters. The molecule has 5 nitrogen and oxygen atoms in total. The molecule has 0 aliphatic rings. The topological polar surface area (TPSA) is 52.3 Å². The highest BCUT2D eigenvalue weighted by Crippen LogP contribution is 2.27. The van der Waals surface area contributed by atoms with Crippen LogP contribution in [0.4, 0.5) is 0 Å². The summed E-state index contributed by atoms with van der Waals surface area (Å²) in [5, 5.41) is 0.464. The maximum Gasteiger partial charge on any atom is 0.215 e. The lowest BCUT2D eigenvalue weighted by molar-refractivity contribution is 0.399. The average Bonchev–Trinajstić information content (AvgIpc) is 2.85. The molecule has 116 valence electrons. The zero-order valence-corrected chi connectivity index (χ0v) is 13.8. The number of unbranched alkanes of at least 4 members (excludes halogenated alkanes) is 2. The molecule has 0 saturated carbocycles. The highest BCUT2D eigenvalue weighted by atomic mass is 35.5. The molecule has 0 bridgehead atoms. The third kappa shape index (κ3) is 2.50. The van der Waals surface area contributed by atoms with Gasteiger partial charge >= 0.3 is 0 Å². The Kier molecular flexibility index (Phi) is 4.16. The maximum atomic E-state index is 6.36. The number of ether oxygens (including phenoxy) is 1. The summed E-state index contributed by atoms with van der Waals surface area (Å²) in [6, 6.07) is 3.66. The van der Waals surface area contributed by atoms with E-state index in [1.54, 1.807) is 13.2 Å². The largest absolute Gasteiger partial charge is 0.481 e. The van der Waals surface area contributed by atoms with Crippen LogP contribution in [0.2, 0.25) is 5.15 Å². The van der Waals surface area contributed by atoms with Gasteiger partial charge in [-0.25, -0.2) is 9.97 Å². The van der Waals surface area contributed by atoms with Crippen molar-refractivity contribution < 1.29 is 4.74 Å². The Hall–Kier alpha value is -1.88. The number of methoxy groups -OCH3 is 1. The summed E-state index contributed by atoms with van der Waals surface area (Å²) < 4.78 is 7.27. The van der Waals surface area contributed by atoms with Crippen molar-refractivity contribution in [1.82, 2.24) is 19.4 Å². The second-order valence-electron chi connectivity index (χ2n) is 5.35. The van der Waals surface area contributed by atoms with Gasteiger partial charge in [0.05, 0.1) is 12.8 Å². The van der Waals surface area contributed by atoms with Crippen LogP contribution in [0.15, 0.2) is 12.1 Å². The molecule has 0 saturated heterocycles. The molecule has 3 heterocycles. The molecule has 3 aromatic rings. The molecule has 0 aromatic carbocycles. The molecule has 0 spiro atoms. The van der Waals surface area contributed by atoms with E-state index in [1.165, 1.54) is 12.8 Å². The molecule has 0 amide bonds. The summed E-state index contributed by atoms with van der Waals surface area (Å²) in [5.74, 6) is 1.54. The Balaban J connectivity index is 2.27. The monoisotopic (exact) mass is 318 g/mol. The van der Waals surface area contributed by atoms with Crippen LogP contribution in [0, 0.1) is 6.92 Å². The van der Waals surface area contributed by atoms with Crippen LogP contribution in [-0.4, -0.2) is 26.5 Å². The number of imidazole rings is 1. The highest BCUT2D eigenvalue weighted by Gasteiger charge is 2.16. The third-order valence-electron chi connectivity index (χ3n) is 3.79. The smallest absolute Gasteiger partial charge is 0.215 e. The number of hydrogen-bond donors (Lipinski definition) is 0. The number of aromatic nitrogens is 4. The van der Waals surface area contributed by atoms with E-state index in [0.717, 1.165) is 41.0 Å². The molecule has 0 aliphatic heterocycles. The number of rotatable bonds is 5. The predicted molar refractivity (Wildman–Crippen MR) is 87.8 cm³/mol. The fourth-order valence-corrected chi connectivity index (χ4v) is 3.02. The lowest BCUT2D eigenvalue weighted by Gasteiger charge is -2.08. The van der Waals surface area contributed by atoms with Gasteiger partial charge < -0.3 is 4.74 Å². The van der Waals surface area contributed by atoms with E-state index < -0.39 is 0 Å². The maximum absolute atomic E-state index is 6.36. The van der Waals surface area contributed by atoms with E-state index in [2.05, 4.69) is 21.9 Å². The molecular formula is C16H19ClN4O. The first-order valence-corrected chi connectivity index (χ1v) is 7.91. The van der Waals surface area contributed by atoms with Crippen molar-refractivity contribution in [3.05, 3.63) is 28.8 Å². The fraction of sp³-hybridized carbons (Fsp3) is 0.438. The summed E-state index contributed by atoms with van der Waals surface area (Å²) in [4.78, 5) is 13.7. The third-order valence-corrected chi connectivity index (χ3v) is 4.05. The molecule has 0 aliphatic carbocycles. The lowest BCUT2D eigenvalue weighted by atomic mass is 10.2. The lowest BCUT2D eigenvalue weighted by Crippen LogP contribution is -2.01. The van der Waals surface area contributed by atoms with E-state index in [9.17, 15) is 0 Å². The summed E-state index contributed by atoms with van der Waals surface area (Å²) in [6.45, 7) is 4.15. The van der Waals surface area contributed by atoms with Gasteiger partial charge in [0.2, 0.25) is 5.88 Å². The normalized spacial score (nSPS) is 11.5. The van der Waals surface area contributed by atoms with Crippen LogP contribution < -0.4 is 4.74 Å². The first-order valence-electron chi connectivity index (χ1n) is 7.54. The average molecular weight is 319 g/mol. The van der Waals surface area contributed by atoms with Crippen LogP contribution in [0.5, 0.6) is 5.88 Å². The Labute approximate surface area is 134 Å². The van der Waals surface area contributed by atoms with Crippen LogP contribution in [0.1, 0.15) is 37.7 Å². The Morgan fingerprint density at radius 2 is 2.00 bits per heavy atom. The van der Waals surface area contributed by atoms with E-state index in [1.807, 2.05) is 17.4 Å². The summed E-state index contributed by atoms with van der Waals surface area (Å²) in [5.41, 5.74) is 3.20. The minimum atomic E-state index is 0.464. The number of aryl methyl sites for hydroxylation is 2. The van der Waals surface area contributed by atoms with E-state index in [4.69, 9.17) is 16.3 Å². The Morgan fingerprint density at radius 1 is 1.18 bits per heavy atom. The molecule has 0 radical (unpaired) electrons. The number of fused-ring (bicyclic) bond motifs is 3. The van der Waals surface area contributed by atoms with Crippen molar-refractivity contribution in [2.45, 2.75) is 39.5 Å². The number of halogens is 1. The first-order chi connectivity index (χ1) is 10.7. The zero-order chi connectivity index (χ0) is 15.7. The zero-order valence-electron chi connectivity index (χ0n) is 13.1. The van der Waals surface area contributed by atoms with Gasteiger partial charge in [0.1, 0.15) is 16.9 Å². The van der Waals surface area contributed by atoms with Crippen LogP contribution in [0.25, 0.3) is 16.7 Å². The number of pyridine rings is 1. The fourth-order valence-electron chi connectivity index (χ4n) is 2.71. The van der Waals surface area contributed by atoms with Crippen molar-refractivity contribution in [3.8, 4) is 5.88 Å². The van der Waals surface area contributed by atoms with Gasteiger partial charge in [0, 0.05) is 12.5 Å². The summed E-state index contributed by atoms with van der Waals surface area (Å²) in [6.07, 6.45) is 4.36. The van der Waals surface area contributed by atoms with Crippen molar-refractivity contribution in [2.75, 3.05) is 7.11 Å². The minimum Gasteiger partial charge on any atom is -0.481 e. The molecule has 0 unspecified atom stereocenters. The van der Waals surface area contributed by atoms with Crippen molar-refractivity contribution >= 4 is 28.3 Å². The van der Waals surface area contributed by atoms with Gasteiger partial charge in [0.15, 0.2) is 10.8 Å². The quantitative estimate of drug-likeness (QED) is 0.668. The van der Waals surface area contributed by atoms with E-state index in [0.29, 0.717) is 11.0 Å². The molecule has 3 aromatic heterocycles. The summed E-state index contributed by atoms with van der Waals surface area (Å²) in [7, 11) is 1.61. The minimum absolute atomic E-state index is 0.464. The molecule has 0 N–H and O–H groups in total. The van der Waals surface area contributed by atoms with Gasteiger partial charge in [-0.05, 0) is 19.4 Å². The van der Waals surface area contributed by atoms with Gasteiger partial charge in [-0.2, -0.15) is 4.98 Å². The molecule has 22 heavy (non-hydrogen) atoms. The second-order valence-corrected chi connectivity index (χ2v) is 5.71. The molecular weight excluding hydrogens is 300 g/mol. The van der Waals surface area contributed by atoms with Gasteiger partial charge in [0.25, 0.3) is 0 Å². The van der Waals surface area contributed by atoms with Gasteiger partial charge in [-0.15, -0.1) is 0 Å². The van der Waals surface area contributed by atoms with Gasteiger partial charge in [-0.1, -0.05) is 31.4 Å². The van der Waals surface area contributed by atoms with Crippen LogP contribution in [-0.2, 0) is 6.42 Å². The predicted octanol–water partition coefficient (Wildman–Crippen LogP) is 3.98. The molecule has 0 fully saturated rings. The number of nitrogens with zero attached hydrogens (tertiary/aromatic N) is 4. The van der Waals surface area contributed by atoms with Gasteiger partial charge in [-0.3, -0.25) is 4.40 Å². The van der Waals surface area contributed by atoms with E-state index >= 15 is 0 Å². The standard InChI is InChI=1S/C16H19ClN4O/c1-4-5-6-7-12-18-10(2)14-15(17)19-11-8-9-13(22-3)20-16(11)21(12)14/h8-9H,4-7H2,1-3H3. The van der Waals surface area contributed by atoms with Crippen molar-refractivity contribution in [3.63, 3.8) is 0 Å². The highest BCUT2D eigenvalue weighted by molar-refractivity contribution is 6.33. The number of hydrogen-bond acceptors (Lipinski definition) is 4. The SMILES string of the molecule is CCCCCc1nc(C)c2c(Cl)nc3ccc(OC)nc3n12. The first kappa shape index (κ1) is 15.0. The second kappa shape index (κ2) is 6.08.